The van der Waals surface area contributed by atoms with Crippen molar-refractivity contribution >= 4 is 21.6 Å². The van der Waals surface area contributed by atoms with Crippen LogP contribution in [0.2, 0.25) is 0 Å². The number of carbonyl (C=O) groups excluding carboxylic acids is 1. The predicted octanol–water partition coefficient (Wildman–Crippen LogP) is 1.27. The van der Waals surface area contributed by atoms with Crippen LogP contribution in [0.3, 0.4) is 0 Å². The summed E-state index contributed by atoms with van der Waals surface area (Å²) in [6.45, 7) is 2.32. The predicted molar refractivity (Wildman–Crippen MR) is 83.3 cm³/mol. The maximum absolute atomic E-state index is 12.6. The monoisotopic (exact) mass is 341 g/mol. The van der Waals surface area contributed by atoms with E-state index in [1.807, 2.05) is 0 Å². The van der Waals surface area contributed by atoms with Gasteiger partial charge in [0.25, 0.3) is 5.69 Å². The largest absolute Gasteiger partial charge is 0.353 e. The smallest absolute Gasteiger partial charge is 0.270 e. The summed E-state index contributed by atoms with van der Waals surface area (Å²) >= 11 is 0. The van der Waals surface area contributed by atoms with Gasteiger partial charge in [0, 0.05) is 37.7 Å². The van der Waals surface area contributed by atoms with E-state index in [2.05, 4.69) is 5.32 Å². The summed E-state index contributed by atoms with van der Waals surface area (Å²) in [5.74, 6) is -0.0509. The van der Waals surface area contributed by atoms with Crippen molar-refractivity contribution in [3.05, 3.63) is 34.4 Å². The number of hydrogen-bond acceptors (Lipinski definition) is 5. The second-order valence-electron chi connectivity index (χ2n) is 5.35. The first-order chi connectivity index (χ1) is 10.8. The van der Waals surface area contributed by atoms with Gasteiger partial charge in [0.2, 0.25) is 15.9 Å². The Morgan fingerprint density at radius 1 is 1.39 bits per heavy atom. The molecule has 1 amide bonds. The van der Waals surface area contributed by atoms with Crippen LogP contribution >= 0.6 is 0 Å². The third-order valence-electron chi connectivity index (χ3n) is 3.81. The molecule has 0 unspecified atom stereocenters. The first kappa shape index (κ1) is 17.4. The van der Waals surface area contributed by atoms with Crippen LogP contribution in [-0.2, 0) is 14.8 Å². The minimum Gasteiger partial charge on any atom is -0.353 e. The van der Waals surface area contributed by atoms with Gasteiger partial charge in [0.05, 0.1) is 9.82 Å². The number of rotatable bonds is 5. The third-order valence-corrected chi connectivity index (χ3v) is 5.70. The number of nitro groups is 1. The van der Waals surface area contributed by atoms with Crippen LogP contribution in [0, 0.1) is 10.1 Å². The molecule has 1 N–H and O–H groups in total. The fourth-order valence-corrected chi connectivity index (χ4v) is 3.99. The summed E-state index contributed by atoms with van der Waals surface area (Å²) in [7, 11) is -3.76. The Labute approximate surface area is 134 Å². The van der Waals surface area contributed by atoms with Crippen molar-refractivity contribution in [2.75, 3.05) is 13.1 Å². The number of non-ortho nitro benzene ring substituents is 1. The number of nitro benzene ring substituents is 1. The molecule has 0 aromatic heterocycles. The lowest BCUT2D eigenvalue weighted by molar-refractivity contribution is -0.385. The van der Waals surface area contributed by atoms with Crippen LogP contribution < -0.4 is 5.32 Å². The van der Waals surface area contributed by atoms with Crippen LogP contribution in [0.15, 0.2) is 29.2 Å². The number of carbonyl (C=O) groups is 1. The van der Waals surface area contributed by atoms with Gasteiger partial charge in [0.1, 0.15) is 0 Å². The molecule has 0 bridgehead atoms. The average Bonchev–Trinajstić information content (AvgIpc) is 2.55. The summed E-state index contributed by atoms with van der Waals surface area (Å²) in [4.78, 5) is 21.5. The van der Waals surface area contributed by atoms with E-state index in [4.69, 9.17) is 0 Å². The number of benzene rings is 1. The fraction of sp³-hybridized carbons (Fsp3) is 0.500. The van der Waals surface area contributed by atoms with E-state index in [0.29, 0.717) is 19.3 Å². The number of hydrogen-bond donors (Lipinski definition) is 1. The third kappa shape index (κ3) is 4.05. The lowest BCUT2D eigenvalue weighted by Gasteiger charge is -2.31. The molecule has 1 fully saturated rings. The highest BCUT2D eigenvalue weighted by Gasteiger charge is 2.30. The Kier molecular flexibility index (Phi) is 5.32. The minimum absolute atomic E-state index is 0.0287. The standard InChI is InChI=1S/C14H19N3O5S/c1-2-14(18)15-11-6-8-16(9-7-11)23(21,22)13-5-3-4-12(10-13)17(19)20/h3-5,10-11H,2,6-9H2,1H3,(H,15,18). The second-order valence-corrected chi connectivity index (χ2v) is 7.29. The highest BCUT2D eigenvalue weighted by molar-refractivity contribution is 7.89. The molecule has 1 saturated heterocycles. The number of amides is 1. The van der Waals surface area contributed by atoms with Gasteiger partial charge < -0.3 is 5.32 Å². The van der Waals surface area contributed by atoms with Crippen molar-refractivity contribution in [3.63, 3.8) is 0 Å². The molecule has 9 heteroatoms. The first-order valence-electron chi connectivity index (χ1n) is 7.38. The van der Waals surface area contributed by atoms with Crippen molar-refractivity contribution < 1.29 is 18.1 Å². The molecule has 0 spiro atoms. The SMILES string of the molecule is CCC(=O)NC1CCN(S(=O)(=O)c2cccc([N+](=O)[O-])c2)CC1. The van der Waals surface area contributed by atoms with Crippen LogP contribution in [0.1, 0.15) is 26.2 Å². The van der Waals surface area contributed by atoms with E-state index in [9.17, 15) is 23.3 Å². The van der Waals surface area contributed by atoms with Crippen molar-refractivity contribution in [3.8, 4) is 0 Å². The maximum Gasteiger partial charge on any atom is 0.270 e. The number of nitrogens with zero attached hydrogens (tertiary/aromatic N) is 2. The molecule has 1 aliphatic heterocycles. The maximum atomic E-state index is 12.6. The van der Waals surface area contributed by atoms with E-state index in [-0.39, 0.29) is 35.6 Å². The van der Waals surface area contributed by atoms with Crippen LogP contribution in [0.4, 0.5) is 5.69 Å². The van der Waals surface area contributed by atoms with Gasteiger partial charge in [-0.05, 0) is 18.9 Å². The molecular formula is C14H19N3O5S. The van der Waals surface area contributed by atoms with Crippen molar-refractivity contribution in [2.24, 2.45) is 0 Å². The molecule has 126 valence electrons. The Bertz CT molecular complexity index is 696. The molecule has 0 atom stereocenters. The van der Waals surface area contributed by atoms with Crippen molar-refractivity contribution in [2.45, 2.75) is 37.1 Å². The summed E-state index contributed by atoms with van der Waals surface area (Å²) in [5, 5.41) is 13.6. The summed E-state index contributed by atoms with van der Waals surface area (Å²) < 4.78 is 26.4. The summed E-state index contributed by atoms with van der Waals surface area (Å²) in [6, 6.07) is 5.01. The van der Waals surface area contributed by atoms with Gasteiger partial charge in [-0.15, -0.1) is 0 Å². The van der Waals surface area contributed by atoms with Crippen LogP contribution in [0.25, 0.3) is 0 Å². The number of sulfonamides is 1. The molecule has 1 aromatic carbocycles. The van der Waals surface area contributed by atoms with E-state index in [1.54, 1.807) is 6.92 Å². The molecular weight excluding hydrogens is 322 g/mol. The van der Waals surface area contributed by atoms with Gasteiger partial charge >= 0.3 is 0 Å². The zero-order chi connectivity index (χ0) is 17.0. The highest BCUT2D eigenvalue weighted by atomic mass is 32.2. The molecule has 0 saturated carbocycles. The van der Waals surface area contributed by atoms with Gasteiger partial charge in [-0.1, -0.05) is 13.0 Å². The minimum atomic E-state index is -3.76. The summed E-state index contributed by atoms with van der Waals surface area (Å²) in [6.07, 6.45) is 1.45. The molecule has 8 nitrogen and oxygen atoms in total. The number of piperidine rings is 1. The zero-order valence-corrected chi connectivity index (χ0v) is 13.6. The Morgan fingerprint density at radius 2 is 2.04 bits per heavy atom. The highest BCUT2D eigenvalue weighted by Crippen LogP contribution is 2.23. The lowest BCUT2D eigenvalue weighted by atomic mass is 10.1. The topological polar surface area (TPSA) is 110 Å². The Hall–Kier alpha value is -2.00. The molecule has 23 heavy (non-hydrogen) atoms. The molecule has 2 rings (SSSR count). The van der Waals surface area contributed by atoms with E-state index in [0.717, 1.165) is 6.07 Å². The van der Waals surface area contributed by atoms with E-state index >= 15 is 0 Å². The molecule has 1 aliphatic rings. The van der Waals surface area contributed by atoms with E-state index in [1.165, 1.54) is 22.5 Å². The normalized spacial score (nSPS) is 16.9. The number of nitrogens with one attached hydrogen (secondary N) is 1. The van der Waals surface area contributed by atoms with Gasteiger partial charge in [-0.25, -0.2) is 8.42 Å². The Balaban J connectivity index is 2.09. The fourth-order valence-electron chi connectivity index (χ4n) is 2.48. The van der Waals surface area contributed by atoms with Crippen LogP contribution in [0.5, 0.6) is 0 Å². The molecule has 0 radical (unpaired) electrons. The average molecular weight is 341 g/mol. The van der Waals surface area contributed by atoms with E-state index < -0.39 is 14.9 Å². The quantitative estimate of drug-likeness (QED) is 0.641. The first-order valence-corrected chi connectivity index (χ1v) is 8.82. The lowest BCUT2D eigenvalue weighted by Crippen LogP contribution is -2.46. The van der Waals surface area contributed by atoms with Crippen molar-refractivity contribution in [1.82, 2.24) is 9.62 Å². The van der Waals surface area contributed by atoms with Crippen molar-refractivity contribution in [1.29, 1.82) is 0 Å². The molecule has 1 heterocycles. The zero-order valence-electron chi connectivity index (χ0n) is 12.8. The van der Waals surface area contributed by atoms with Gasteiger partial charge in [-0.2, -0.15) is 4.31 Å². The second kappa shape index (κ2) is 7.05. The Morgan fingerprint density at radius 3 is 2.61 bits per heavy atom. The molecule has 0 aliphatic carbocycles. The van der Waals surface area contributed by atoms with Gasteiger partial charge in [0.15, 0.2) is 0 Å². The summed E-state index contributed by atoms with van der Waals surface area (Å²) in [5.41, 5.74) is -0.254. The van der Waals surface area contributed by atoms with Gasteiger partial charge in [-0.3, -0.25) is 14.9 Å². The molecule has 1 aromatic rings. The van der Waals surface area contributed by atoms with Crippen LogP contribution in [-0.4, -0.2) is 42.7 Å².